The van der Waals surface area contributed by atoms with Crippen LogP contribution in [0.25, 0.3) is 4.91 Å². The number of nitrogens with zero attached hydrogens (tertiary/aromatic N) is 1. The Morgan fingerprint density at radius 3 is 2.38 bits per heavy atom. The fourth-order valence-electron chi connectivity index (χ4n) is 3.09. The molecule has 0 amide bonds. The number of aliphatic imine (C=N–C) groups is 1. The van der Waals surface area contributed by atoms with Crippen LogP contribution in [0.3, 0.4) is 0 Å². The van der Waals surface area contributed by atoms with Crippen LogP contribution in [-0.2, 0) is 16.4 Å². The zero-order valence-electron chi connectivity index (χ0n) is 15.4. The Morgan fingerprint density at radius 1 is 0.962 bits per heavy atom. The SMILES string of the molecule is CC1=C(c2ccc(C)c(C)c2)S(=O)(=O)NC1=NCCCc1ccccc1. The van der Waals surface area contributed by atoms with E-state index in [-0.39, 0.29) is 0 Å². The number of benzene rings is 2. The lowest BCUT2D eigenvalue weighted by Gasteiger charge is -2.06. The fraction of sp³-hybridized carbons (Fsp3) is 0.286. The molecular formula is C21H24N2O2S. The summed E-state index contributed by atoms with van der Waals surface area (Å²) in [6, 6.07) is 16.0. The molecule has 1 N–H and O–H groups in total. The normalized spacial score (nSPS) is 17.6. The maximum Gasteiger partial charge on any atom is 0.264 e. The number of sulfonamides is 1. The summed E-state index contributed by atoms with van der Waals surface area (Å²) >= 11 is 0. The first-order valence-corrected chi connectivity index (χ1v) is 10.3. The van der Waals surface area contributed by atoms with E-state index in [1.807, 2.05) is 57.2 Å². The number of rotatable bonds is 5. The number of nitrogens with one attached hydrogen (secondary N) is 1. The van der Waals surface area contributed by atoms with Crippen LogP contribution in [-0.4, -0.2) is 20.8 Å². The molecule has 136 valence electrons. The molecule has 3 rings (SSSR count). The molecule has 0 aromatic heterocycles. The van der Waals surface area contributed by atoms with Gasteiger partial charge in [0, 0.05) is 12.1 Å². The van der Waals surface area contributed by atoms with E-state index in [9.17, 15) is 8.42 Å². The van der Waals surface area contributed by atoms with Gasteiger partial charge >= 0.3 is 0 Å². The molecule has 4 nitrogen and oxygen atoms in total. The molecule has 1 aliphatic heterocycles. The van der Waals surface area contributed by atoms with Crippen molar-refractivity contribution in [1.82, 2.24) is 4.72 Å². The van der Waals surface area contributed by atoms with Crippen LogP contribution >= 0.6 is 0 Å². The van der Waals surface area contributed by atoms with Gasteiger partial charge in [-0.25, -0.2) is 8.42 Å². The standard InChI is InChI=1S/C21H24N2O2S/c1-15-11-12-19(14-16(15)2)20-17(3)21(23-26(20,24)25)22-13-7-10-18-8-5-4-6-9-18/h4-6,8-9,11-12,14H,7,10,13H2,1-3H3,(H,22,23). The summed E-state index contributed by atoms with van der Waals surface area (Å²) in [4.78, 5) is 4.83. The van der Waals surface area contributed by atoms with Crippen LogP contribution in [0.5, 0.6) is 0 Å². The maximum absolute atomic E-state index is 12.6. The van der Waals surface area contributed by atoms with E-state index in [4.69, 9.17) is 0 Å². The van der Waals surface area contributed by atoms with Gasteiger partial charge in [0.1, 0.15) is 10.7 Å². The Labute approximate surface area is 155 Å². The largest absolute Gasteiger partial charge is 0.268 e. The topological polar surface area (TPSA) is 58.5 Å². The molecule has 0 spiro atoms. The second-order valence-corrected chi connectivity index (χ2v) is 8.30. The molecule has 0 unspecified atom stereocenters. The van der Waals surface area contributed by atoms with E-state index in [0.717, 1.165) is 24.0 Å². The predicted molar refractivity (Wildman–Crippen MR) is 108 cm³/mol. The summed E-state index contributed by atoms with van der Waals surface area (Å²) in [5.74, 6) is 0.464. The van der Waals surface area contributed by atoms with Crippen molar-refractivity contribution in [2.45, 2.75) is 33.6 Å². The highest BCUT2D eigenvalue weighted by atomic mass is 32.2. The van der Waals surface area contributed by atoms with Crippen molar-refractivity contribution >= 4 is 20.8 Å². The first-order chi connectivity index (χ1) is 12.4. The van der Waals surface area contributed by atoms with Gasteiger partial charge in [0.05, 0.1) is 0 Å². The summed E-state index contributed by atoms with van der Waals surface area (Å²) in [7, 11) is -3.56. The molecule has 0 saturated carbocycles. The van der Waals surface area contributed by atoms with Crippen LogP contribution < -0.4 is 4.72 Å². The van der Waals surface area contributed by atoms with E-state index in [2.05, 4.69) is 21.8 Å². The molecule has 0 aliphatic carbocycles. The van der Waals surface area contributed by atoms with Crippen molar-refractivity contribution < 1.29 is 8.42 Å². The monoisotopic (exact) mass is 368 g/mol. The van der Waals surface area contributed by atoms with Gasteiger partial charge in [-0.05, 0) is 55.9 Å². The van der Waals surface area contributed by atoms with Crippen molar-refractivity contribution in [2.24, 2.45) is 4.99 Å². The first-order valence-electron chi connectivity index (χ1n) is 8.78. The van der Waals surface area contributed by atoms with E-state index in [0.29, 0.717) is 28.4 Å². The second kappa shape index (κ2) is 7.46. The Kier molecular flexibility index (Phi) is 5.28. The molecule has 5 heteroatoms. The average Bonchev–Trinajstić information content (AvgIpc) is 2.84. The van der Waals surface area contributed by atoms with Crippen LogP contribution in [0.1, 0.15) is 35.6 Å². The Bertz CT molecular complexity index is 974. The van der Waals surface area contributed by atoms with Gasteiger partial charge in [-0.2, -0.15) is 0 Å². The molecule has 1 heterocycles. The van der Waals surface area contributed by atoms with E-state index in [1.165, 1.54) is 5.56 Å². The van der Waals surface area contributed by atoms with Crippen molar-refractivity contribution in [2.75, 3.05) is 6.54 Å². The van der Waals surface area contributed by atoms with Gasteiger partial charge in [-0.3, -0.25) is 9.71 Å². The molecule has 0 saturated heterocycles. The maximum atomic E-state index is 12.6. The third kappa shape index (κ3) is 3.88. The molecule has 0 atom stereocenters. The molecule has 0 fully saturated rings. The summed E-state index contributed by atoms with van der Waals surface area (Å²) < 4.78 is 27.8. The van der Waals surface area contributed by atoms with Crippen molar-refractivity contribution in [1.29, 1.82) is 0 Å². The molecule has 2 aromatic rings. The minimum absolute atomic E-state index is 0.336. The second-order valence-electron chi connectivity index (χ2n) is 6.68. The first kappa shape index (κ1) is 18.4. The molecule has 0 bridgehead atoms. The van der Waals surface area contributed by atoms with Gasteiger partial charge in [0.25, 0.3) is 10.0 Å². The zero-order valence-corrected chi connectivity index (χ0v) is 16.2. The zero-order chi connectivity index (χ0) is 18.7. The van der Waals surface area contributed by atoms with E-state index in [1.54, 1.807) is 0 Å². The van der Waals surface area contributed by atoms with Crippen LogP contribution in [0.2, 0.25) is 0 Å². The average molecular weight is 369 g/mol. The lowest BCUT2D eigenvalue weighted by atomic mass is 10.0. The highest BCUT2D eigenvalue weighted by Gasteiger charge is 2.32. The lowest BCUT2D eigenvalue weighted by molar-refractivity contribution is 0.603. The minimum atomic E-state index is -3.56. The Morgan fingerprint density at radius 2 is 1.69 bits per heavy atom. The molecular weight excluding hydrogens is 344 g/mol. The minimum Gasteiger partial charge on any atom is -0.268 e. The summed E-state index contributed by atoms with van der Waals surface area (Å²) in [6.07, 6.45) is 1.80. The number of amidine groups is 1. The molecule has 0 radical (unpaired) electrons. The third-order valence-electron chi connectivity index (χ3n) is 4.70. The third-order valence-corrected chi connectivity index (χ3v) is 6.24. The number of hydrogen-bond acceptors (Lipinski definition) is 3. The highest BCUT2D eigenvalue weighted by Crippen LogP contribution is 2.30. The molecule has 2 aromatic carbocycles. The fourth-order valence-corrected chi connectivity index (χ4v) is 4.60. The number of aryl methyl sites for hydroxylation is 3. The van der Waals surface area contributed by atoms with Crippen LogP contribution in [0.15, 0.2) is 59.1 Å². The number of hydrogen-bond donors (Lipinski definition) is 1. The van der Waals surface area contributed by atoms with Crippen LogP contribution in [0.4, 0.5) is 0 Å². The van der Waals surface area contributed by atoms with Gasteiger partial charge < -0.3 is 0 Å². The predicted octanol–water partition coefficient (Wildman–Crippen LogP) is 4.00. The van der Waals surface area contributed by atoms with Gasteiger partial charge in [0.15, 0.2) is 0 Å². The van der Waals surface area contributed by atoms with Gasteiger partial charge in [-0.1, -0.05) is 48.5 Å². The highest BCUT2D eigenvalue weighted by molar-refractivity contribution is 8.00. The van der Waals surface area contributed by atoms with Crippen molar-refractivity contribution in [3.63, 3.8) is 0 Å². The van der Waals surface area contributed by atoms with Gasteiger partial charge in [0.2, 0.25) is 0 Å². The summed E-state index contributed by atoms with van der Waals surface area (Å²) in [6.45, 7) is 6.41. The Hall–Kier alpha value is -2.40. The van der Waals surface area contributed by atoms with Crippen molar-refractivity contribution in [3.8, 4) is 0 Å². The van der Waals surface area contributed by atoms with Gasteiger partial charge in [-0.15, -0.1) is 0 Å². The lowest BCUT2D eigenvalue weighted by Crippen LogP contribution is -2.23. The van der Waals surface area contributed by atoms with E-state index < -0.39 is 10.0 Å². The summed E-state index contributed by atoms with van der Waals surface area (Å²) in [5.41, 5.74) is 4.89. The molecule has 1 aliphatic rings. The summed E-state index contributed by atoms with van der Waals surface area (Å²) in [5, 5.41) is 0. The molecule has 26 heavy (non-hydrogen) atoms. The smallest absolute Gasteiger partial charge is 0.264 e. The quantitative estimate of drug-likeness (QED) is 0.811. The van der Waals surface area contributed by atoms with Crippen LogP contribution in [0, 0.1) is 13.8 Å². The Balaban J connectivity index is 1.79. The van der Waals surface area contributed by atoms with Crippen molar-refractivity contribution in [3.05, 3.63) is 76.4 Å². The van der Waals surface area contributed by atoms with E-state index >= 15 is 0 Å².